The van der Waals surface area contributed by atoms with Gasteiger partial charge in [-0.3, -0.25) is 4.79 Å². The number of aliphatic hydroxyl groups is 1. The van der Waals surface area contributed by atoms with Crippen LogP contribution < -0.4 is 15.4 Å². The van der Waals surface area contributed by atoms with Gasteiger partial charge in [0.2, 0.25) is 0 Å². The summed E-state index contributed by atoms with van der Waals surface area (Å²) < 4.78 is 10.5. The highest BCUT2D eigenvalue weighted by Gasteiger charge is 2.51. The van der Waals surface area contributed by atoms with E-state index in [1.807, 2.05) is 37.4 Å². The topological polar surface area (TPSA) is 114 Å². The number of hydrogen-bond acceptors (Lipinski definition) is 7. The Kier molecular flexibility index (Phi) is 10.1. The quantitative estimate of drug-likeness (QED) is 0.206. The SMILES string of the molecule is CCOC(=O)c1ccc(OC(=O)C(Cc2ccccc2)NC(=O)C2=CC(Cl)C3(CCCCC3NC)C(Cl)=C2O)cc1. The second-order valence-corrected chi connectivity index (χ2v) is 11.0. The second kappa shape index (κ2) is 13.6. The molecule has 2 aliphatic rings. The van der Waals surface area contributed by atoms with Crippen molar-refractivity contribution in [3.05, 3.63) is 88.2 Å². The predicted molar refractivity (Wildman–Crippen MR) is 157 cm³/mol. The van der Waals surface area contributed by atoms with E-state index in [2.05, 4.69) is 10.6 Å². The first-order valence-corrected chi connectivity index (χ1v) is 14.5. The molecule has 0 aliphatic heterocycles. The lowest BCUT2D eigenvalue weighted by atomic mass is 9.65. The van der Waals surface area contributed by atoms with Crippen molar-refractivity contribution in [2.45, 2.75) is 56.5 Å². The zero-order chi connectivity index (χ0) is 29.6. The van der Waals surface area contributed by atoms with E-state index in [0.717, 1.165) is 24.8 Å². The molecular formula is C31H34Cl2N2O6. The largest absolute Gasteiger partial charge is 0.506 e. The van der Waals surface area contributed by atoms with Crippen LogP contribution in [0.15, 0.2) is 77.0 Å². The molecule has 4 unspecified atom stereocenters. The van der Waals surface area contributed by atoms with E-state index in [1.54, 1.807) is 6.92 Å². The van der Waals surface area contributed by atoms with Gasteiger partial charge in [-0.2, -0.15) is 0 Å². The molecule has 2 aliphatic carbocycles. The number of halogens is 2. The molecule has 3 N–H and O–H groups in total. The van der Waals surface area contributed by atoms with Crippen molar-refractivity contribution in [1.29, 1.82) is 0 Å². The van der Waals surface area contributed by atoms with Crippen LogP contribution in [0.25, 0.3) is 0 Å². The van der Waals surface area contributed by atoms with Gasteiger partial charge < -0.3 is 25.2 Å². The lowest BCUT2D eigenvalue weighted by Crippen LogP contribution is -2.53. The van der Waals surface area contributed by atoms with E-state index >= 15 is 0 Å². The van der Waals surface area contributed by atoms with Crippen molar-refractivity contribution in [2.75, 3.05) is 13.7 Å². The van der Waals surface area contributed by atoms with Crippen LogP contribution in [0, 0.1) is 5.41 Å². The zero-order valence-electron chi connectivity index (χ0n) is 23.0. The van der Waals surface area contributed by atoms with Crippen LogP contribution in [0.5, 0.6) is 5.75 Å². The number of allylic oxidation sites excluding steroid dienone is 1. The minimum absolute atomic E-state index is 0.0646. The van der Waals surface area contributed by atoms with Crippen LogP contribution in [-0.2, 0) is 20.7 Å². The molecule has 0 bridgehead atoms. The third-order valence-corrected chi connectivity index (χ3v) is 8.73. The lowest BCUT2D eigenvalue weighted by molar-refractivity contribution is -0.138. The first-order chi connectivity index (χ1) is 19.7. The van der Waals surface area contributed by atoms with E-state index in [1.165, 1.54) is 30.3 Å². The number of amides is 1. The van der Waals surface area contributed by atoms with Gasteiger partial charge in [0.15, 0.2) is 0 Å². The molecule has 2 aromatic carbocycles. The standard InChI is InChI=1S/C31H34Cl2N2O6/c1-3-40-29(38)20-12-14-21(15-13-20)41-30(39)23(17-19-9-5-4-6-10-19)35-28(37)22-18-24(32)31(27(33)26(22)36)16-8-7-11-25(31)34-2/h4-6,9-10,12-15,18,23-25,34,36H,3,7-8,11,16-17H2,1-2H3,(H,35,37). The highest BCUT2D eigenvalue weighted by atomic mass is 35.5. The average Bonchev–Trinajstić information content (AvgIpc) is 2.98. The Morgan fingerprint density at radius 3 is 2.46 bits per heavy atom. The van der Waals surface area contributed by atoms with Gasteiger partial charge in [-0.15, -0.1) is 11.6 Å². The molecule has 41 heavy (non-hydrogen) atoms. The number of aliphatic hydroxyl groups excluding tert-OH is 1. The van der Waals surface area contributed by atoms with Crippen molar-refractivity contribution in [2.24, 2.45) is 5.41 Å². The van der Waals surface area contributed by atoms with Crippen LogP contribution in [0.1, 0.15) is 48.5 Å². The van der Waals surface area contributed by atoms with E-state index in [-0.39, 0.29) is 41.2 Å². The lowest BCUT2D eigenvalue weighted by Gasteiger charge is -2.48. The molecule has 218 valence electrons. The first kappa shape index (κ1) is 30.6. The third kappa shape index (κ3) is 6.61. The maximum absolute atomic E-state index is 13.5. The molecule has 4 rings (SSSR count). The van der Waals surface area contributed by atoms with Gasteiger partial charge in [-0.1, -0.05) is 54.8 Å². The fourth-order valence-corrected chi connectivity index (χ4v) is 6.55. The Hall–Kier alpha value is -3.33. The molecule has 1 fully saturated rings. The Morgan fingerprint density at radius 2 is 1.80 bits per heavy atom. The Bertz CT molecular complexity index is 1330. The van der Waals surface area contributed by atoms with Crippen molar-refractivity contribution in [1.82, 2.24) is 10.6 Å². The first-order valence-electron chi connectivity index (χ1n) is 13.7. The summed E-state index contributed by atoms with van der Waals surface area (Å²) in [4.78, 5) is 38.7. The Morgan fingerprint density at radius 1 is 1.10 bits per heavy atom. The van der Waals surface area contributed by atoms with Crippen LogP contribution in [-0.4, -0.2) is 54.1 Å². The van der Waals surface area contributed by atoms with Gasteiger partial charge >= 0.3 is 11.9 Å². The minimum Gasteiger partial charge on any atom is -0.506 e. The molecule has 1 amide bonds. The summed E-state index contributed by atoms with van der Waals surface area (Å²) in [6, 6.07) is 13.9. The Balaban J connectivity index is 1.55. The number of alkyl halides is 1. The summed E-state index contributed by atoms with van der Waals surface area (Å²) in [5.41, 5.74) is 0.278. The molecule has 0 heterocycles. The number of hydrogen-bond donors (Lipinski definition) is 3. The van der Waals surface area contributed by atoms with Crippen molar-refractivity contribution < 1.29 is 29.0 Å². The molecule has 0 radical (unpaired) electrons. The maximum atomic E-state index is 13.5. The Labute approximate surface area is 249 Å². The van der Waals surface area contributed by atoms with Gasteiger partial charge in [-0.05, 0) is 62.7 Å². The number of nitrogens with one attached hydrogen (secondary N) is 2. The fraction of sp³-hybridized carbons (Fsp3) is 0.387. The number of rotatable bonds is 9. The highest BCUT2D eigenvalue weighted by molar-refractivity contribution is 6.33. The fourth-order valence-electron chi connectivity index (χ4n) is 5.55. The molecule has 1 spiro atoms. The van der Waals surface area contributed by atoms with Crippen molar-refractivity contribution >= 4 is 41.0 Å². The summed E-state index contributed by atoms with van der Waals surface area (Å²) in [5.74, 6) is -2.06. The van der Waals surface area contributed by atoms with Crippen LogP contribution in [0.2, 0.25) is 0 Å². The van der Waals surface area contributed by atoms with Gasteiger partial charge in [0.1, 0.15) is 17.6 Å². The molecule has 0 saturated heterocycles. The smallest absolute Gasteiger partial charge is 0.338 e. The summed E-state index contributed by atoms with van der Waals surface area (Å²) in [6.45, 7) is 1.95. The van der Waals surface area contributed by atoms with Gasteiger partial charge in [0, 0.05) is 17.9 Å². The molecule has 1 saturated carbocycles. The van der Waals surface area contributed by atoms with Crippen LogP contribution >= 0.6 is 23.2 Å². The van der Waals surface area contributed by atoms with Crippen molar-refractivity contribution in [3.63, 3.8) is 0 Å². The summed E-state index contributed by atoms with van der Waals surface area (Å²) >= 11 is 13.6. The third-order valence-electron chi connectivity index (χ3n) is 7.68. The summed E-state index contributed by atoms with van der Waals surface area (Å²) in [5, 5.41) is 16.6. The van der Waals surface area contributed by atoms with Gasteiger partial charge in [-0.25, -0.2) is 9.59 Å². The van der Waals surface area contributed by atoms with Crippen LogP contribution in [0.4, 0.5) is 0 Å². The maximum Gasteiger partial charge on any atom is 0.338 e. The van der Waals surface area contributed by atoms with E-state index in [0.29, 0.717) is 12.0 Å². The summed E-state index contributed by atoms with van der Waals surface area (Å²) in [7, 11) is 1.83. The molecule has 0 aromatic heterocycles. The van der Waals surface area contributed by atoms with Gasteiger partial charge in [0.05, 0.1) is 28.2 Å². The molecule has 8 nitrogen and oxygen atoms in total. The molecule has 4 atom stereocenters. The van der Waals surface area contributed by atoms with Gasteiger partial charge in [0.25, 0.3) is 5.91 Å². The molecular weight excluding hydrogens is 567 g/mol. The van der Waals surface area contributed by atoms with E-state index in [9.17, 15) is 19.5 Å². The average molecular weight is 602 g/mol. The minimum atomic E-state index is -1.11. The second-order valence-electron chi connectivity index (χ2n) is 10.2. The number of carbonyl (C=O) groups excluding carboxylic acids is 3. The zero-order valence-corrected chi connectivity index (χ0v) is 24.5. The van der Waals surface area contributed by atoms with E-state index in [4.69, 9.17) is 32.7 Å². The van der Waals surface area contributed by atoms with Crippen molar-refractivity contribution in [3.8, 4) is 5.75 Å². The molecule has 10 heteroatoms. The molecule has 2 aromatic rings. The number of ether oxygens (including phenoxy) is 2. The number of carbonyl (C=O) groups is 3. The summed E-state index contributed by atoms with van der Waals surface area (Å²) in [6.07, 6.45) is 5.06. The van der Waals surface area contributed by atoms with E-state index < -0.39 is 34.7 Å². The monoisotopic (exact) mass is 600 g/mol. The highest BCUT2D eigenvalue weighted by Crippen LogP contribution is 2.53. The number of esters is 2. The normalized spacial score (nSPS) is 23.0. The predicted octanol–water partition coefficient (Wildman–Crippen LogP) is 5.20. The number of benzene rings is 2. The van der Waals surface area contributed by atoms with Crippen LogP contribution in [0.3, 0.4) is 0 Å².